The predicted molar refractivity (Wildman–Crippen MR) is 275 cm³/mol. The quantitative estimate of drug-likeness (QED) is 0.0344. The van der Waals surface area contributed by atoms with E-state index >= 15 is 0 Å². The molecule has 0 bridgehead atoms. The summed E-state index contributed by atoms with van der Waals surface area (Å²) >= 11 is 0. The summed E-state index contributed by atoms with van der Waals surface area (Å²) in [4.78, 5) is 38.1. The monoisotopic (exact) mass is 905 g/mol. The van der Waals surface area contributed by atoms with Crippen molar-refractivity contribution in [3.05, 3.63) is 0 Å². The van der Waals surface area contributed by atoms with Crippen LogP contribution in [0.4, 0.5) is 0 Å². The van der Waals surface area contributed by atoms with Gasteiger partial charge in [-0.3, -0.25) is 14.4 Å². The second-order valence-corrected chi connectivity index (χ2v) is 20.6. The minimum atomic E-state index is -0.762. The Balaban J connectivity index is 4.29. The van der Waals surface area contributed by atoms with Gasteiger partial charge in [0.25, 0.3) is 0 Å². The van der Waals surface area contributed by atoms with E-state index in [4.69, 9.17) is 14.2 Å². The lowest BCUT2D eigenvalue weighted by Crippen LogP contribution is -2.30. The Bertz CT molecular complexity index is 980. The highest BCUT2D eigenvalue weighted by Gasteiger charge is 2.19. The second kappa shape index (κ2) is 50.8. The molecule has 1 unspecified atom stereocenters. The molecular weight excluding hydrogens is 793 g/mol. The number of esters is 3. The van der Waals surface area contributed by atoms with E-state index in [-0.39, 0.29) is 31.1 Å². The zero-order valence-electron chi connectivity index (χ0n) is 43.9. The maximum atomic E-state index is 12.9. The highest BCUT2D eigenvalue weighted by molar-refractivity contribution is 5.71. The normalized spacial score (nSPS) is 12.5. The highest BCUT2D eigenvalue weighted by atomic mass is 16.6. The van der Waals surface area contributed by atoms with Gasteiger partial charge in [0.1, 0.15) is 13.2 Å². The van der Waals surface area contributed by atoms with Gasteiger partial charge >= 0.3 is 17.9 Å². The summed E-state index contributed by atoms with van der Waals surface area (Å²) in [6, 6.07) is 0. The van der Waals surface area contributed by atoms with E-state index in [1.54, 1.807) is 0 Å². The molecule has 380 valence electrons. The van der Waals surface area contributed by atoms with Crippen LogP contribution in [0.25, 0.3) is 0 Å². The Morgan fingerprint density at radius 2 is 0.594 bits per heavy atom. The average molecular weight is 906 g/mol. The second-order valence-electron chi connectivity index (χ2n) is 20.6. The first-order valence-corrected chi connectivity index (χ1v) is 28.8. The summed E-state index contributed by atoms with van der Waals surface area (Å²) in [5.74, 6) is 0.882. The van der Waals surface area contributed by atoms with E-state index in [9.17, 15) is 14.4 Å². The molecule has 0 radical (unpaired) electrons. The standard InChI is InChI=1S/C58H112O6/c1-6-8-9-10-11-12-13-18-22-28-33-38-43-48-56(59)62-51-55(52-63-57(60)49-44-39-34-29-25-24-27-32-37-42-47-54(5)7-2)64-58(61)50-45-40-35-30-23-20-17-15-14-16-19-21-26-31-36-41-46-53(3)4/h53-55H,6-52H2,1-5H3/t54?,55-/m1/s1. The zero-order chi connectivity index (χ0) is 46.8. The van der Waals surface area contributed by atoms with Crippen molar-refractivity contribution in [3.8, 4) is 0 Å². The van der Waals surface area contributed by atoms with Crippen molar-refractivity contribution in [1.82, 2.24) is 0 Å². The molecule has 6 heteroatoms. The number of ether oxygens (including phenoxy) is 3. The molecule has 0 aromatic heterocycles. The first-order chi connectivity index (χ1) is 31.3. The topological polar surface area (TPSA) is 78.9 Å². The fourth-order valence-electron chi connectivity index (χ4n) is 8.84. The third-order valence-corrected chi connectivity index (χ3v) is 13.6. The Labute approximate surface area is 399 Å². The molecular formula is C58H112O6. The van der Waals surface area contributed by atoms with Crippen LogP contribution in [0, 0.1) is 11.8 Å². The molecule has 0 saturated carbocycles. The number of carbonyl (C=O) groups excluding carboxylic acids is 3. The molecule has 0 fully saturated rings. The van der Waals surface area contributed by atoms with Crippen molar-refractivity contribution in [2.75, 3.05) is 13.2 Å². The summed E-state index contributed by atoms with van der Waals surface area (Å²) in [6.45, 7) is 11.4. The lowest BCUT2D eigenvalue weighted by molar-refractivity contribution is -0.167. The van der Waals surface area contributed by atoms with Crippen LogP contribution in [0.5, 0.6) is 0 Å². The summed E-state index contributed by atoms with van der Waals surface area (Å²) in [5.41, 5.74) is 0. The van der Waals surface area contributed by atoms with Crippen molar-refractivity contribution < 1.29 is 28.6 Å². The van der Waals surface area contributed by atoms with Crippen LogP contribution >= 0.6 is 0 Å². The molecule has 0 aliphatic rings. The van der Waals surface area contributed by atoms with Crippen molar-refractivity contribution >= 4 is 17.9 Å². The average Bonchev–Trinajstić information content (AvgIpc) is 3.28. The molecule has 0 aliphatic carbocycles. The van der Waals surface area contributed by atoms with E-state index < -0.39 is 6.10 Å². The zero-order valence-corrected chi connectivity index (χ0v) is 43.9. The fourth-order valence-corrected chi connectivity index (χ4v) is 8.84. The molecule has 0 saturated heterocycles. The molecule has 0 amide bonds. The third kappa shape index (κ3) is 49.8. The third-order valence-electron chi connectivity index (χ3n) is 13.6. The lowest BCUT2D eigenvalue weighted by atomic mass is 9.99. The van der Waals surface area contributed by atoms with E-state index in [1.807, 2.05) is 0 Å². The predicted octanol–water partition coefficient (Wildman–Crippen LogP) is 18.9. The Kier molecular flexibility index (Phi) is 49.6. The van der Waals surface area contributed by atoms with Gasteiger partial charge in [0.05, 0.1) is 0 Å². The van der Waals surface area contributed by atoms with Gasteiger partial charge in [-0.05, 0) is 31.1 Å². The van der Waals surface area contributed by atoms with E-state index in [0.29, 0.717) is 19.3 Å². The molecule has 0 aromatic carbocycles. The summed E-state index contributed by atoms with van der Waals surface area (Å²) in [6.07, 6.45) is 53.7. The molecule has 0 heterocycles. The van der Waals surface area contributed by atoms with Crippen LogP contribution in [0.1, 0.15) is 324 Å². The van der Waals surface area contributed by atoms with Crippen molar-refractivity contribution in [2.24, 2.45) is 11.8 Å². The molecule has 0 aromatic rings. The summed E-state index contributed by atoms with van der Waals surface area (Å²) in [5, 5.41) is 0. The first-order valence-electron chi connectivity index (χ1n) is 28.8. The summed E-state index contributed by atoms with van der Waals surface area (Å²) < 4.78 is 16.9. The molecule has 0 spiro atoms. The van der Waals surface area contributed by atoms with Gasteiger partial charge in [-0.1, -0.05) is 285 Å². The number of hydrogen-bond acceptors (Lipinski definition) is 6. The Morgan fingerprint density at radius 3 is 0.891 bits per heavy atom. The van der Waals surface area contributed by atoms with Gasteiger partial charge in [-0.15, -0.1) is 0 Å². The first kappa shape index (κ1) is 62.4. The maximum absolute atomic E-state index is 12.9. The van der Waals surface area contributed by atoms with Gasteiger partial charge in [0.2, 0.25) is 0 Å². The van der Waals surface area contributed by atoms with Gasteiger partial charge in [0, 0.05) is 19.3 Å². The number of carbonyl (C=O) groups is 3. The minimum Gasteiger partial charge on any atom is -0.462 e. The number of unbranched alkanes of at least 4 members (excludes halogenated alkanes) is 36. The van der Waals surface area contributed by atoms with Gasteiger partial charge in [-0.25, -0.2) is 0 Å². The van der Waals surface area contributed by atoms with Crippen LogP contribution in [-0.4, -0.2) is 37.2 Å². The molecule has 0 rings (SSSR count). The minimum absolute atomic E-state index is 0.0628. The SMILES string of the molecule is CCCCCCCCCCCCCCCC(=O)OC[C@H](COC(=O)CCCCCCCCCCCCC(C)CC)OC(=O)CCCCCCCCCCCCCCCCCCC(C)C. The van der Waals surface area contributed by atoms with Crippen LogP contribution in [0.3, 0.4) is 0 Å². The summed E-state index contributed by atoms with van der Waals surface area (Å²) in [7, 11) is 0. The Hall–Kier alpha value is -1.59. The van der Waals surface area contributed by atoms with Crippen LogP contribution < -0.4 is 0 Å². The Morgan fingerprint density at radius 1 is 0.328 bits per heavy atom. The molecule has 6 nitrogen and oxygen atoms in total. The van der Waals surface area contributed by atoms with Gasteiger partial charge in [0.15, 0.2) is 6.10 Å². The largest absolute Gasteiger partial charge is 0.462 e. The molecule has 0 aliphatic heterocycles. The van der Waals surface area contributed by atoms with Gasteiger partial charge < -0.3 is 14.2 Å². The van der Waals surface area contributed by atoms with E-state index in [1.165, 1.54) is 212 Å². The fraction of sp³-hybridized carbons (Fsp3) is 0.948. The number of hydrogen-bond donors (Lipinski definition) is 0. The highest BCUT2D eigenvalue weighted by Crippen LogP contribution is 2.18. The molecule has 0 N–H and O–H groups in total. The van der Waals surface area contributed by atoms with Crippen LogP contribution in [0.2, 0.25) is 0 Å². The van der Waals surface area contributed by atoms with Crippen molar-refractivity contribution in [1.29, 1.82) is 0 Å². The lowest BCUT2D eigenvalue weighted by Gasteiger charge is -2.18. The van der Waals surface area contributed by atoms with Gasteiger partial charge in [-0.2, -0.15) is 0 Å². The van der Waals surface area contributed by atoms with Crippen molar-refractivity contribution in [2.45, 2.75) is 330 Å². The maximum Gasteiger partial charge on any atom is 0.306 e. The van der Waals surface area contributed by atoms with E-state index in [0.717, 1.165) is 69.6 Å². The van der Waals surface area contributed by atoms with E-state index in [2.05, 4.69) is 34.6 Å². The smallest absolute Gasteiger partial charge is 0.306 e. The van der Waals surface area contributed by atoms with Crippen molar-refractivity contribution in [3.63, 3.8) is 0 Å². The molecule has 2 atom stereocenters. The number of rotatable bonds is 52. The molecule has 64 heavy (non-hydrogen) atoms. The van der Waals surface area contributed by atoms with Crippen LogP contribution in [0.15, 0.2) is 0 Å². The van der Waals surface area contributed by atoms with Crippen LogP contribution in [-0.2, 0) is 28.6 Å².